The number of nitrogens with two attached hydrogens (primary N) is 1. The van der Waals surface area contributed by atoms with Gasteiger partial charge in [-0.1, -0.05) is 24.6 Å². The molecule has 2 aromatic carbocycles. The summed E-state index contributed by atoms with van der Waals surface area (Å²) < 4.78 is 0. The number of hydrogen-bond donors (Lipinski definition) is 2. The predicted molar refractivity (Wildman–Crippen MR) is 132 cm³/mol. The fourth-order valence-electron chi connectivity index (χ4n) is 5.45. The second-order valence-electron chi connectivity index (χ2n) is 9.20. The van der Waals surface area contributed by atoms with Gasteiger partial charge in [0.1, 0.15) is 5.82 Å². The molecule has 6 rings (SSSR count). The number of nitrogens with zero attached hydrogens (tertiary/aromatic N) is 4. The van der Waals surface area contributed by atoms with E-state index in [1.807, 2.05) is 30.5 Å². The van der Waals surface area contributed by atoms with E-state index in [2.05, 4.69) is 38.0 Å². The molecule has 0 amide bonds. The highest BCUT2D eigenvalue weighted by Crippen LogP contribution is 2.32. The van der Waals surface area contributed by atoms with Crippen molar-refractivity contribution < 1.29 is 0 Å². The molecule has 0 spiro atoms. The molecular formula is C26H30N6. The first kappa shape index (κ1) is 19.6. The average Bonchev–Trinajstić information content (AvgIpc) is 3.28. The molecule has 4 heterocycles. The van der Waals surface area contributed by atoms with Gasteiger partial charge in [0.15, 0.2) is 0 Å². The Kier molecular flexibility index (Phi) is 4.95. The molecule has 6 nitrogen and oxygen atoms in total. The number of likely N-dealkylation sites (tertiary alicyclic amines) is 1. The topological polar surface area (TPSA) is 74.1 Å². The molecule has 0 bridgehead atoms. The summed E-state index contributed by atoms with van der Waals surface area (Å²) in [6.45, 7) is 4.82. The molecule has 0 aliphatic carbocycles. The van der Waals surface area contributed by atoms with Gasteiger partial charge in [0.25, 0.3) is 0 Å². The third kappa shape index (κ3) is 3.48. The molecule has 0 radical (unpaired) electrons. The maximum atomic E-state index is 6.48. The SMILES string of the molecule is Nc1c(-c2nc3ccc(N4CCC(N5CCCCC5)CC4)cc3[nH]2)cnc2ccccc12. The number of H-pyrrole nitrogens is 1. The Bertz CT molecular complexity index is 1250. The van der Waals surface area contributed by atoms with Crippen LogP contribution in [0.25, 0.3) is 33.3 Å². The van der Waals surface area contributed by atoms with Crippen LogP contribution in [0, 0.1) is 0 Å². The molecule has 2 saturated heterocycles. The van der Waals surface area contributed by atoms with Gasteiger partial charge in [0.2, 0.25) is 0 Å². The van der Waals surface area contributed by atoms with Crippen LogP contribution < -0.4 is 10.6 Å². The number of nitrogens with one attached hydrogen (secondary N) is 1. The Morgan fingerprint density at radius 3 is 2.56 bits per heavy atom. The summed E-state index contributed by atoms with van der Waals surface area (Å²) in [5.74, 6) is 0.775. The zero-order valence-electron chi connectivity index (χ0n) is 18.4. The third-order valence-corrected chi connectivity index (χ3v) is 7.27. The highest BCUT2D eigenvalue weighted by Gasteiger charge is 2.26. The third-order valence-electron chi connectivity index (χ3n) is 7.27. The smallest absolute Gasteiger partial charge is 0.142 e. The second kappa shape index (κ2) is 8.10. The number of para-hydroxylation sites is 1. The normalized spacial score (nSPS) is 18.6. The van der Waals surface area contributed by atoms with Gasteiger partial charge in [-0.25, -0.2) is 4.98 Å². The highest BCUT2D eigenvalue weighted by molar-refractivity contribution is 5.97. The number of imidazole rings is 1. The van der Waals surface area contributed by atoms with Gasteiger partial charge in [-0.05, 0) is 63.0 Å². The van der Waals surface area contributed by atoms with E-state index < -0.39 is 0 Å². The monoisotopic (exact) mass is 426 g/mol. The van der Waals surface area contributed by atoms with Crippen LogP contribution in [0.5, 0.6) is 0 Å². The number of fused-ring (bicyclic) bond motifs is 2. The lowest BCUT2D eigenvalue weighted by atomic mass is 9.99. The number of aromatic amines is 1. The molecule has 2 aliphatic heterocycles. The summed E-state index contributed by atoms with van der Waals surface area (Å²) >= 11 is 0. The number of anilines is 2. The minimum Gasteiger partial charge on any atom is -0.398 e. The molecule has 32 heavy (non-hydrogen) atoms. The largest absolute Gasteiger partial charge is 0.398 e. The van der Waals surface area contributed by atoms with E-state index >= 15 is 0 Å². The lowest BCUT2D eigenvalue weighted by Gasteiger charge is -2.41. The van der Waals surface area contributed by atoms with Crippen molar-refractivity contribution in [2.24, 2.45) is 0 Å². The van der Waals surface area contributed by atoms with Gasteiger partial charge < -0.3 is 20.5 Å². The first-order valence-corrected chi connectivity index (χ1v) is 11.9. The van der Waals surface area contributed by atoms with E-state index in [0.717, 1.165) is 58.1 Å². The fraction of sp³-hybridized carbons (Fsp3) is 0.385. The van der Waals surface area contributed by atoms with Crippen molar-refractivity contribution in [3.05, 3.63) is 48.7 Å². The maximum absolute atomic E-state index is 6.48. The highest BCUT2D eigenvalue weighted by atomic mass is 15.2. The second-order valence-corrected chi connectivity index (χ2v) is 9.20. The zero-order chi connectivity index (χ0) is 21.5. The van der Waals surface area contributed by atoms with Crippen LogP contribution in [0.2, 0.25) is 0 Å². The van der Waals surface area contributed by atoms with E-state index in [1.165, 1.54) is 50.9 Å². The quantitative estimate of drug-likeness (QED) is 0.492. The summed E-state index contributed by atoms with van der Waals surface area (Å²) in [6, 6.07) is 15.3. The van der Waals surface area contributed by atoms with Crippen LogP contribution in [0.4, 0.5) is 11.4 Å². The molecule has 0 atom stereocenters. The molecular weight excluding hydrogens is 396 g/mol. The van der Waals surface area contributed by atoms with Crippen LogP contribution >= 0.6 is 0 Å². The number of piperidine rings is 2. The Morgan fingerprint density at radius 1 is 0.906 bits per heavy atom. The van der Waals surface area contributed by atoms with E-state index in [1.54, 1.807) is 0 Å². The van der Waals surface area contributed by atoms with Crippen molar-refractivity contribution in [3.63, 3.8) is 0 Å². The average molecular weight is 427 g/mol. The van der Waals surface area contributed by atoms with Gasteiger partial charge in [0.05, 0.1) is 27.8 Å². The van der Waals surface area contributed by atoms with Crippen molar-refractivity contribution in [2.45, 2.75) is 38.1 Å². The van der Waals surface area contributed by atoms with Crippen LogP contribution in [-0.2, 0) is 0 Å². The van der Waals surface area contributed by atoms with Crippen molar-refractivity contribution in [2.75, 3.05) is 36.8 Å². The number of hydrogen-bond acceptors (Lipinski definition) is 5. The minimum atomic E-state index is 0.717. The summed E-state index contributed by atoms with van der Waals surface area (Å²) in [5.41, 5.74) is 12.2. The predicted octanol–water partition coefficient (Wildman–Crippen LogP) is 4.82. The van der Waals surface area contributed by atoms with Crippen molar-refractivity contribution in [1.29, 1.82) is 0 Å². The standard InChI is InChI=1S/C26H30N6/c27-25-20-6-2-3-7-22(20)28-17-21(25)26-29-23-9-8-19(16-24(23)30-26)32-14-10-18(11-15-32)31-12-4-1-5-13-31/h2-3,6-9,16-18H,1,4-5,10-15H2,(H2,27,28)(H,29,30). The molecule has 4 aromatic rings. The molecule has 164 valence electrons. The number of nitrogen functional groups attached to an aromatic ring is 1. The number of rotatable bonds is 3. The van der Waals surface area contributed by atoms with Crippen molar-refractivity contribution in [1.82, 2.24) is 19.9 Å². The summed E-state index contributed by atoms with van der Waals surface area (Å²) in [5, 5.41) is 0.961. The van der Waals surface area contributed by atoms with Gasteiger partial charge >= 0.3 is 0 Å². The molecule has 2 fully saturated rings. The van der Waals surface area contributed by atoms with Gasteiger partial charge in [-0.15, -0.1) is 0 Å². The number of pyridine rings is 1. The first-order valence-electron chi connectivity index (χ1n) is 11.9. The molecule has 0 unspecified atom stereocenters. The summed E-state index contributed by atoms with van der Waals surface area (Å²) in [6.07, 6.45) is 8.48. The molecule has 3 N–H and O–H groups in total. The van der Waals surface area contributed by atoms with Gasteiger partial charge in [0, 0.05) is 36.4 Å². The lowest BCUT2D eigenvalue weighted by Crippen LogP contribution is -2.46. The van der Waals surface area contributed by atoms with Crippen molar-refractivity contribution in [3.8, 4) is 11.4 Å². The molecule has 2 aromatic heterocycles. The number of benzene rings is 2. The van der Waals surface area contributed by atoms with Crippen LogP contribution in [-0.4, -0.2) is 52.1 Å². The Morgan fingerprint density at radius 2 is 1.72 bits per heavy atom. The van der Waals surface area contributed by atoms with Crippen LogP contribution in [0.15, 0.2) is 48.7 Å². The Labute approximate surface area is 188 Å². The van der Waals surface area contributed by atoms with Crippen LogP contribution in [0.3, 0.4) is 0 Å². The van der Waals surface area contributed by atoms with Crippen LogP contribution in [0.1, 0.15) is 32.1 Å². The fourth-order valence-corrected chi connectivity index (χ4v) is 5.45. The summed E-state index contributed by atoms with van der Waals surface area (Å²) in [4.78, 5) is 18.1. The van der Waals surface area contributed by atoms with E-state index in [9.17, 15) is 0 Å². The summed E-state index contributed by atoms with van der Waals surface area (Å²) in [7, 11) is 0. The van der Waals surface area contributed by atoms with Gasteiger partial charge in [-0.2, -0.15) is 0 Å². The van der Waals surface area contributed by atoms with E-state index in [0.29, 0.717) is 0 Å². The molecule has 2 aliphatic rings. The Balaban J connectivity index is 1.24. The van der Waals surface area contributed by atoms with E-state index in [4.69, 9.17) is 10.7 Å². The molecule has 6 heteroatoms. The maximum Gasteiger partial charge on any atom is 0.142 e. The molecule has 0 saturated carbocycles. The van der Waals surface area contributed by atoms with Gasteiger partial charge in [-0.3, -0.25) is 4.98 Å². The first-order chi connectivity index (χ1) is 15.8. The lowest BCUT2D eigenvalue weighted by molar-refractivity contribution is 0.141. The minimum absolute atomic E-state index is 0.717. The number of aromatic nitrogens is 3. The Hall–Kier alpha value is -3.12. The van der Waals surface area contributed by atoms with E-state index in [-0.39, 0.29) is 0 Å². The zero-order valence-corrected chi connectivity index (χ0v) is 18.4. The van der Waals surface area contributed by atoms with Crippen molar-refractivity contribution >= 4 is 33.3 Å².